The predicted molar refractivity (Wildman–Crippen MR) is 119 cm³/mol. The normalized spacial score (nSPS) is 15.4. The van der Waals surface area contributed by atoms with Gasteiger partial charge in [-0.25, -0.2) is 4.79 Å². The summed E-state index contributed by atoms with van der Waals surface area (Å²) in [5.74, 6) is 0. The quantitative estimate of drug-likeness (QED) is 0.556. The van der Waals surface area contributed by atoms with E-state index < -0.39 is 6.09 Å². The summed E-state index contributed by atoms with van der Waals surface area (Å²) in [7, 11) is 1.42. The predicted octanol–water partition coefficient (Wildman–Crippen LogP) is 5.32. The number of hydrogen-bond acceptors (Lipinski definition) is 3. The fraction of sp³-hybridized carbons (Fsp3) is 0.269. The highest BCUT2D eigenvalue weighted by molar-refractivity contribution is 5.68. The molecule has 1 saturated carbocycles. The van der Waals surface area contributed by atoms with Gasteiger partial charge in [0.05, 0.1) is 13.2 Å². The molecular formula is C26H28N2O2. The van der Waals surface area contributed by atoms with Crippen LogP contribution in [0.5, 0.6) is 0 Å². The molecule has 1 unspecified atom stereocenters. The van der Waals surface area contributed by atoms with Crippen LogP contribution in [0.1, 0.15) is 35.6 Å². The first-order valence-electron chi connectivity index (χ1n) is 10.4. The van der Waals surface area contributed by atoms with Crippen LogP contribution in [0.15, 0.2) is 91.0 Å². The van der Waals surface area contributed by atoms with Gasteiger partial charge in [-0.3, -0.25) is 4.90 Å². The molecular weight excluding hydrogens is 372 g/mol. The number of benzene rings is 3. The number of hydrogen-bond donors (Lipinski definition) is 1. The maximum atomic E-state index is 12.3. The third-order valence-electron chi connectivity index (χ3n) is 5.94. The van der Waals surface area contributed by atoms with Crippen molar-refractivity contribution in [3.05, 3.63) is 108 Å². The van der Waals surface area contributed by atoms with Gasteiger partial charge in [0.15, 0.2) is 0 Å². The second-order valence-corrected chi connectivity index (χ2v) is 7.91. The number of alkyl carbamates (subject to hydrolysis) is 1. The third kappa shape index (κ3) is 4.55. The van der Waals surface area contributed by atoms with Crippen LogP contribution in [0.25, 0.3) is 0 Å². The van der Waals surface area contributed by atoms with Crippen molar-refractivity contribution in [2.75, 3.05) is 7.11 Å². The van der Waals surface area contributed by atoms with Gasteiger partial charge in [0, 0.05) is 18.6 Å². The van der Waals surface area contributed by atoms with E-state index >= 15 is 0 Å². The summed E-state index contributed by atoms with van der Waals surface area (Å²) in [6.07, 6.45) is 1.65. The van der Waals surface area contributed by atoms with Gasteiger partial charge in [-0.2, -0.15) is 0 Å². The molecule has 3 aromatic carbocycles. The summed E-state index contributed by atoms with van der Waals surface area (Å²) < 4.78 is 4.97. The largest absolute Gasteiger partial charge is 0.453 e. The molecule has 0 aromatic heterocycles. The zero-order valence-electron chi connectivity index (χ0n) is 17.3. The average molecular weight is 401 g/mol. The van der Waals surface area contributed by atoms with Gasteiger partial charge in [-0.1, -0.05) is 91.0 Å². The fourth-order valence-corrected chi connectivity index (χ4v) is 4.24. The number of rotatable bonds is 8. The Bertz CT molecular complexity index is 899. The lowest BCUT2D eigenvalue weighted by molar-refractivity contribution is 0.108. The lowest BCUT2D eigenvalue weighted by Gasteiger charge is -2.38. The highest BCUT2D eigenvalue weighted by Gasteiger charge is 2.54. The van der Waals surface area contributed by atoms with Crippen molar-refractivity contribution in [2.24, 2.45) is 0 Å². The topological polar surface area (TPSA) is 41.6 Å². The van der Waals surface area contributed by atoms with E-state index in [1.54, 1.807) is 0 Å². The first kappa shape index (κ1) is 20.2. The first-order valence-corrected chi connectivity index (χ1v) is 10.4. The summed E-state index contributed by atoms with van der Waals surface area (Å²) in [4.78, 5) is 14.8. The number of carbonyl (C=O) groups is 1. The summed E-state index contributed by atoms with van der Waals surface area (Å²) in [5, 5.41) is 3.13. The SMILES string of the molecule is COC(=O)NC(c1ccccc1)C1(N(Cc2ccccc2)Cc2ccccc2)CC1. The minimum absolute atomic E-state index is 0.140. The van der Waals surface area contributed by atoms with Crippen LogP contribution in [0.3, 0.4) is 0 Å². The van der Waals surface area contributed by atoms with Crippen LogP contribution < -0.4 is 5.32 Å². The summed E-state index contributed by atoms with van der Waals surface area (Å²) in [6, 6.07) is 31.2. The van der Waals surface area contributed by atoms with E-state index in [-0.39, 0.29) is 11.6 Å². The molecule has 1 fully saturated rings. The van der Waals surface area contributed by atoms with Gasteiger partial charge in [-0.05, 0) is 29.5 Å². The zero-order valence-corrected chi connectivity index (χ0v) is 17.3. The molecule has 0 aliphatic heterocycles. The van der Waals surface area contributed by atoms with Crippen molar-refractivity contribution < 1.29 is 9.53 Å². The fourth-order valence-electron chi connectivity index (χ4n) is 4.24. The third-order valence-corrected chi connectivity index (χ3v) is 5.94. The van der Waals surface area contributed by atoms with E-state index in [1.165, 1.54) is 18.2 Å². The Morgan fingerprint density at radius 2 is 1.33 bits per heavy atom. The lowest BCUT2D eigenvalue weighted by atomic mass is 9.94. The van der Waals surface area contributed by atoms with Crippen molar-refractivity contribution >= 4 is 6.09 Å². The number of nitrogens with zero attached hydrogens (tertiary/aromatic N) is 1. The van der Waals surface area contributed by atoms with E-state index in [2.05, 4.69) is 70.9 Å². The molecule has 1 amide bonds. The molecule has 0 spiro atoms. The van der Waals surface area contributed by atoms with E-state index in [4.69, 9.17) is 4.74 Å². The number of amides is 1. The van der Waals surface area contributed by atoms with Crippen LogP contribution in [0, 0.1) is 0 Å². The lowest BCUT2D eigenvalue weighted by Crippen LogP contribution is -2.48. The molecule has 0 bridgehead atoms. The van der Waals surface area contributed by atoms with E-state index in [0.29, 0.717) is 0 Å². The monoisotopic (exact) mass is 400 g/mol. The molecule has 1 N–H and O–H groups in total. The van der Waals surface area contributed by atoms with Gasteiger partial charge >= 0.3 is 6.09 Å². The molecule has 0 saturated heterocycles. The Kier molecular flexibility index (Phi) is 6.15. The average Bonchev–Trinajstić information content (AvgIpc) is 3.60. The van der Waals surface area contributed by atoms with Crippen molar-refractivity contribution in [3.8, 4) is 0 Å². The molecule has 4 rings (SSSR count). The standard InChI is InChI=1S/C26H28N2O2/c1-30-25(29)27-24(23-15-9-4-10-16-23)26(17-18-26)28(19-21-11-5-2-6-12-21)20-22-13-7-3-8-14-22/h2-16,24H,17-20H2,1H3,(H,27,29). The molecule has 4 heteroatoms. The van der Waals surface area contributed by atoms with Crippen molar-refractivity contribution in [1.82, 2.24) is 10.2 Å². The van der Waals surface area contributed by atoms with Crippen LogP contribution >= 0.6 is 0 Å². The number of methoxy groups -OCH3 is 1. The highest BCUT2D eigenvalue weighted by atomic mass is 16.5. The van der Waals surface area contributed by atoms with Crippen LogP contribution in [0.4, 0.5) is 4.79 Å². The molecule has 0 radical (unpaired) electrons. The van der Waals surface area contributed by atoms with Crippen molar-refractivity contribution in [1.29, 1.82) is 0 Å². The van der Waals surface area contributed by atoms with E-state index in [1.807, 2.05) is 30.3 Å². The first-order chi connectivity index (χ1) is 14.7. The Balaban J connectivity index is 1.69. The van der Waals surface area contributed by atoms with Gasteiger partial charge in [0.1, 0.15) is 0 Å². The zero-order chi connectivity index (χ0) is 20.8. The number of nitrogens with one attached hydrogen (secondary N) is 1. The molecule has 3 aromatic rings. The molecule has 0 heterocycles. The second kappa shape index (κ2) is 9.14. The Morgan fingerprint density at radius 1 is 0.867 bits per heavy atom. The van der Waals surface area contributed by atoms with Gasteiger partial charge in [-0.15, -0.1) is 0 Å². The minimum Gasteiger partial charge on any atom is -0.453 e. The number of ether oxygens (including phenoxy) is 1. The second-order valence-electron chi connectivity index (χ2n) is 7.91. The van der Waals surface area contributed by atoms with Gasteiger partial charge < -0.3 is 10.1 Å². The molecule has 30 heavy (non-hydrogen) atoms. The Labute approximate surface area is 178 Å². The molecule has 1 aliphatic carbocycles. The smallest absolute Gasteiger partial charge is 0.407 e. The summed E-state index contributed by atoms with van der Waals surface area (Å²) >= 11 is 0. The van der Waals surface area contributed by atoms with Gasteiger partial charge in [0.25, 0.3) is 0 Å². The van der Waals surface area contributed by atoms with Crippen LogP contribution in [-0.2, 0) is 17.8 Å². The Morgan fingerprint density at radius 3 is 1.77 bits per heavy atom. The van der Waals surface area contributed by atoms with Gasteiger partial charge in [0.2, 0.25) is 0 Å². The van der Waals surface area contributed by atoms with Crippen LogP contribution in [-0.4, -0.2) is 23.6 Å². The maximum Gasteiger partial charge on any atom is 0.407 e. The summed E-state index contributed by atoms with van der Waals surface area (Å²) in [5.41, 5.74) is 3.49. The van der Waals surface area contributed by atoms with E-state index in [9.17, 15) is 4.79 Å². The molecule has 1 aliphatic rings. The molecule has 1 atom stereocenters. The number of carbonyl (C=O) groups excluding carboxylic acids is 1. The summed E-state index contributed by atoms with van der Waals surface area (Å²) in [6.45, 7) is 1.64. The van der Waals surface area contributed by atoms with Crippen molar-refractivity contribution in [2.45, 2.75) is 37.5 Å². The Hall–Kier alpha value is -3.11. The molecule has 154 valence electrons. The maximum absolute atomic E-state index is 12.3. The molecule has 4 nitrogen and oxygen atoms in total. The van der Waals surface area contributed by atoms with E-state index in [0.717, 1.165) is 31.5 Å². The van der Waals surface area contributed by atoms with Crippen LogP contribution in [0.2, 0.25) is 0 Å². The minimum atomic E-state index is -0.394. The van der Waals surface area contributed by atoms with Crippen molar-refractivity contribution in [3.63, 3.8) is 0 Å². The highest BCUT2D eigenvalue weighted by Crippen LogP contribution is 2.52.